The van der Waals surface area contributed by atoms with Crippen molar-refractivity contribution in [1.29, 1.82) is 5.26 Å². The van der Waals surface area contributed by atoms with Gasteiger partial charge in [-0.25, -0.2) is 4.98 Å². The normalized spacial score (nSPS) is 13.6. The summed E-state index contributed by atoms with van der Waals surface area (Å²) in [5, 5.41) is 9.07. The Morgan fingerprint density at radius 2 is 2.24 bits per heavy atom. The average Bonchev–Trinajstić information content (AvgIpc) is 2.71. The van der Waals surface area contributed by atoms with Crippen LogP contribution in [0.25, 0.3) is 10.3 Å². The number of pyridine rings is 1. The second-order valence-electron chi connectivity index (χ2n) is 4.22. The lowest BCUT2D eigenvalue weighted by molar-refractivity contribution is 0.600. The standard InChI is InChI=1S/C11H11N3OS2/c1-11(2,6-12)7-4-8-9(13-5-7)14-10(16-8)17(3)15/h4-5H,1-3H3. The van der Waals surface area contributed by atoms with E-state index in [4.69, 9.17) is 5.26 Å². The molecule has 2 aromatic heterocycles. The van der Waals surface area contributed by atoms with Gasteiger partial charge < -0.3 is 4.55 Å². The van der Waals surface area contributed by atoms with Gasteiger partial charge in [-0.1, -0.05) is 11.3 Å². The summed E-state index contributed by atoms with van der Waals surface area (Å²) in [5.74, 6) is 0. The van der Waals surface area contributed by atoms with E-state index in [0.717, 1.165) is 10.3 Å². The van der Waals surface area contributed by atoms with E-state index in [9.17, 15) is 4.55 Å². The molecule has 2 aromatic rings. The van der Waals surface area contributed by atoms with Crippen molar-refractivity contribution in [3.05, 3.63) is 17.8 Å². The van der Waals surface area contributed by atoms with E-state index in [-0.39, 0.29) is 0 Å². The molecule has 0 saturated heterocycles. The van der Waals surface area contributed by atoms with E-state index in [1.165, 1.54) is 11.3 Å². The third-order valence-corrected chi connectivity index (χ3v) is 4.80. The number of hydrogen-bond donors (Lipinski definition) is 0. The Morgan fingerprint density at radius 1 is 1.53 bits per heavy atom. The minimum atomic E-state index is -1.09. The molecule has 0 spiro atoms. The Morgan fingerprint density at radius 3 is 2.82 bits per heavy atom. The van der Waals surface area contributed by atoms with Crippen molar-refractivity contribution < 1.29 is 4.55 Å². The highest BCUT2D eigenvalue weighted by molar-refractivity contribution is 7.92. The molecular weight excluding hydrogens is 254 g/mol. The minimum absolute atomic E-state index is 0.569. The summed E-state index contributed by atoms with van der Waals surface area (Å²) in [4.78, 5) is 8.40. The van der Waals surface area contributed by atoms with Gasteiger partial charge in [-0.2, -0.15) is 10.2 Å². The van der Waals surface area contributed by atoms with Crippen molar-refractivity contribution in [2.24, 2.45) is 0 Å². The largest absolute Gasteiger partial charge is 0.610 e. The van der Waals surface area contributed by atoms with E-state index in [2.05, 4.69) is 16.0 Å². The van der Waals surface area contributed by atoms with Crippen molar-refractivity contribution in [3.63, 3.8) is 0 Å². The highest BCUT2D eigenvalue weighted by Crippen LogP contribution is 2.29. The van der Waals surface area contributed by atoms with E-state index in [1.807, 2.05) is 19.9 Å². The summed E-state index contributed by atoms with van der Waals surface area (Å²) in [6.07, 6.45) is 3.26. The summed E-state index contributed by atoms with van der Waals surface area (Å²) in [6.45, 7) is 3.69. The fourth-order valence-corrected chi connectivity index (χ4v) is 2.98. The van der Waals surface area contributed by atoms with Crippen LogP contribution in [0, 0.1) is 11.3 Å². The molecule has 0 amide bonds. The molecule has 0 fully saturated rings. The zero-order chi connectivity index (χ0) is 12.6. The maximum atomic E-state index is 11.3. The summed E-state index contributed by atoms with van der Waals surface area (Å²) >= 11 is 0.274. The molecule has 0 saturated carbocycles. The van der Waals surface area contributed by atoms with E-state index < -0.39 is 16.6 Å². The maximum Gasteiger partial charge on any atom is 0.303 e. The summed E-state index contributed by atoms with van der Waals surface area (Å²) < 4.78 is 12.8. The number of fused-ring (bicyclic) bond motifs is 1. The summed E-state index contributed by atoms with van der Waals surface area (Å²) in [5.41, 5.74) is 0.874. The zero-order valence-corrected chi connectivity index (χ0v) is 11.4. The van der Waals surface area contributed by atoms with Crippen LogP contribution >= 0.6 is 11.3 Å². The van der Waals surface area contributed by atoms with Crippen LogP contribution in [0.5, 0.6) is 0 Å². The Bertz CT molecular complexity index is 598. The number of rotatable bonds is 2. The SMILES string of the molecule is C[S+]([O-])c1nc2ncc(C(C)(C)C#N)cc2s1. The molecule has 0 aliphatic heterocycles. The Balaban J connectivity index is 2.55. The predicted octanol–water partition coefficient (Wildman–Crippen LogP) is 2.23. The molecule has 4 nitrogen and oxygen atoms in total. The van der Waals surface area contributed by atoms with Crippen molar-refractivity contribution in [3.8, 4) is 6.07 Å². The monoisotopic (exact) mass is 265 g/mol. The number of hydrogen-bond acceptors (Lipinski definition) is 5. The van der Waals surface area contributed by atoms with E-state index in [0.29, 0.717) is 9.99 Å². The molecule has 1 unspecified atom stereocenters. The lowest BCUT2D eigenvalue weighted by atomic mass is 9.88. The summed E-state index contributed by atoms with van der Waals surface area (Å²) in [6, 6.07) is 4.14. The maximum absolute atomic E-state index is 11.3. The number of thiazole rings is 1. The van der Waals surface area contributed by atoms with Gasteiger partial charge in [0.1, 0.15) is 6.26 Å². The summed E-state index contributed by atoms with van der Waals surface area (Å²) in [7, 11) is 0. The van der Waals surface area contributed by atoms with E-state index in [1.54, 1.807) is 12.5 Å². The number of nitriles is 1. The molecule has 2 heterocycles. The molecule has 17 heavy (non-hydrogen) atoms. The molecule has 1 atom stereocenters. The number of nitrogens with zero attached hydrogens (tertiary/aromatic N) is 3. The molecule has 0 bridgehead atoms. The molecule has 0 aliphatic carbocycles. The first-order valence-electron chi connectivity index (χ1n) is 4.96. The lowest BCUT2D eigenvalue weighted by Crippen LogP contribution is -2.13. The quantitative estimate of drug-likeness (QED) is 0.780. The second-order valence-corrected chi connectivity index (χ2v) is 6.80. The molecule has 0 N–H and O–H groups in total. The first-order chi connectivity index (χ1) is 7.94. The molecule has 0 aromatic carbocycles. The number of aromatic nitrogens is 2. The van der Waals surface area contributed by atoms with Gasteiger partial charge >= 0.3 is 4.34 Å². The van der Waals surface area contributed by atoms with Gasteiger partial charge in [-0.15, -0.1) is 0 Å². The van der Waals surface area contributed by atoms with Gasteiger partial charge in [-0.05, 0) is 25.5 Å². The van der Waals surface area contributed by atoms with Gasteiger partial charge in [0, 0.05) is 17.4 Å². The van der Waals surface area contributed by atoms with E-state index >= 15 is 0 Å². The van der Waals surface area contributed by atoms with Gasteiger partial charge in [0.05, 0.1) is 16.2 Å². The first-order valence-corrected chi connectivity index (χ1v) is 7.33. The second kappa shape index (κ2) is 4.26. The van der Waals surface area contributed by atoms with Crippen LogP contribution in [0.1, 0.15) is 19.4 Å². The third kappa shape index (κ3) is 2.27. The van der Waals surface area contributed by atoms with Crippen LogP contribution in [0.15, 0.2) is 16.6 Å². The fraction of sp³-hybridized carbons (Fsp3) is 0.364. The van der Waals surface area contributed by atoms with Gasteiger partial charge in [0.25, 0.3) is 0 Å². The van der Waals surface area contributed by atoms with Gasteiger partial charge in [-0.3, -0.25) is 0 Å². The zero-order valence-electron chi connectivity index (χ0n) is 9.72. The molecule has 0 radical (unpaired) electrons. The third-order valence-electron chi connectivity index (χ3n) is 2.47. The predicted molar refractivity (Wildman–Crippen MR) is 68.4 cm³/mol. The topological polar surface area (TPSA) is 72.6 Å². The molecule has 0 aliphatic rings. The van der Waals surface area contributed by atoms with Crippen molar-refractivity contribution in [1.82, 2.24) is 9.97 Å². The Hall–Kier alpha value is -1.16. The fourth-order valence-electron chi connectivity index (χ4n) is 1.33. The van der Waals surface area contributed by atoms with Crippen molar-refractivity contribution in [2.45, 2.75) is 23.6 Å². The minimum Gasteiger partial charge on any atom is -0.610 e. The smallest absolute Gasteiger partial charge is 0.303 e. The Labute approximate surface area is 107 Å². The van der Waals surface area contributed by atoms with Gasteiger partial charge in [0.15, 0.2) is 5.65 Å². The van der Waals surface area contributed by atoms with Crippen LogP contribution in [0.2, 0.25) is 0 Å². The van der Waals surface area contributed by atoms with Crippen molar-refractivity contribution >= 4 is 32.9 Å². The van der Waals surface area contributed by atoms with Crippen LogP contribution in [0.3, 0.4) is 0 Å². The van der Waals surface area contributed by atoms with Crippen LogP contribution in [0.4, 0.5) is 0 Å². The molecule has 6 heteroatoms. The highest BCUT2D eigenvalue weighted by Gasteiger charge is 2.22. The Kier molecular flexibility index (Phi) is 3.08. The first kappa shape index (κ1) is 12.3. The van der Waals surface area contributed by atoms with Crippen molar-refractivity contribution in [2.75, 3.05) is 6.26 Å². The van der Waals surface area contributed by atoms with Gasteiger partial charge in [0.2, 0.25) is 0 Å². The van der Waals surface area contributed by atoms with Crippen LogP contribution in [-0.2, 0) is 16.6 Å². The van der Waals surface area contributed by atoms with Crippen LogP contribution in [-0.4, -0.2) is 20.8 Å². The highest BCUT2D eigenvalue weighted by atomic mass is 32.2. The van der Waals surface area contributed by atoms with Crippen LogP contribution < -0.4 is 0 Å². The lowest BCUT2D eigenvalue weighted by Gasteiger charge is -2.14. The molecule has 88 valence electrons. The molecule has 2 rings (SSSR count). The molecular formula is C11H11N3OS2. The average molecular weight is 265 g/mol.